The van der Waals surface area contributed by atoms with Gasteiger partial charge in [0.15, 0.2) is 6.10 Å². The zero-order chi connectivity index (χ0) is 9.26. The molecule has 0 saturated carbocycles. The fourth-order valence-corrected chi connectivity index (χ4v) is 1.89. The van der Waals surface area contributed by atoms with E-state index in [1.165, 1.54) is 11.3 Å². The number of thiophene rings is 1. The summed E-state index contributed by atoms with van der Waals surface area (Å²) in [5.41, 5.74) is 0. The molecule has 2 rings (SSSR count). The lowest BCUT2D eigenvalue weighted by Gasteiger charge is -2.02. The summed E-state index contributed by atoms with van der Waals surface area (Å²) < 4.78 is 4.91. The van der Waals surface area contributed by atoms with E-state index in [4.69, 9.17) is 4.74 Å². The molecule has 0 N–H and O–H groups in total. The highest BCUT2D eigenvalue weighted by atomic mass is 32.1. The highest BCUT2D eigenvalue weighted by Crippen LogP contribution is 2.28. The number of nitroso groups, excluding NO2 is 1. The zero-order valence-electron chi connectivity index (χ0n) is 6.54. The lowest BCUT2D eigenvalue weighted by atomic mass is 10.3. The summed E-state index contributed by atoms with van der Waals surface area (Å²) >= 11 is 1.49. The van der Waals surface area contributed by atoms with Gasteiger partial charge in [-0.1, -0.05) is 6.07 Å². The van der Waals surface area contributed by atoms with Crippen molar-refractivity contribution >= 4 is 17.4 Å². The summed E-state index contributed by atoms with van der Waals surface area (Å²) in [4.78, 5) is 22.0. The Labute approximate surface area is 77.9 Å². The monoisotopic (exact) mass is 198 g/mol. The van der Waals surface area contributed by atoms with Gasteiger partial charge >= 0.3 is 6.09 Å². The van der Waals surface area contributed by atoms with Crippen LogP contribution in [0.4, 0.5) is 4.79 Å². The molecule has 1 aliphatic rings. The molecule has 1 amide bonds. The number of carbonyl (C=O) groups excluding carboxylic acids is 1. The second-order valence-electron chi connectivity index (χ2n) is 2.55. The van der Waals surface area contributed by atoms with Gasteiger partial charge in [-0.05, 0) is 11.4 Å². The van der Waals surface area contributed by atoms with Gasteiger partial charge in [-0.2, -0.15) is 5.01 Å². The van der Waals surface area contributed by atoms with Crippen LogP contribution in [0, 0.1) is 4.91 Å². The van der Waals surface area contributed by atoms with Gasteiger partial charge in [-0.3, -0.25) is 0 Å². The van der Waals surface area contributed by atoms with Gasteiger partial charge in [-0.25, -0.2) is 4.79 Å². The first-order valence-electron chi connectivity index (χ1n) is 3.66. The van der Waals surface area contributed by atoms with Crippen molar-refractivity contribution in [2.24, 2.45) is 5.29 Å². The molecule has 1 aliphatic heterocycles. The Kier molecular flexibility index (Phi) is 1.97. The summed E-state index contributed by atoms with van der Waals surface area (Å²) in [6, 6.07) is 3.72. The van der Waals surface area contributed by atoms with Gasteiger partial charge in [0.1, 0.15) is 0 Å². The molecule has 1 fully saturated rings. The third-order valence-corrected chi connectivity index (χ3v) is 2.72. The van der Waals surface area contributed by atoms with Crippen LogP contribution in [0.25, 0.3) is 0 Å². The molecule has 13 heavy (non-hydrogen) atoms. The summed E-state index contributed by atoms with van der Waals surface area (Å²) in [5.74, 6) is 0. The van der Waals surface area contributed by atoms with E-state index in [0.717, 1.165) is 9.89 Å². The normalized spacial score (nSPS) is 21.7. The highest BCUT2D eigenvalue weighted by molar-refractivity contribution is 7.10. The van der Waals surface area contributed by atoms with Crippen LogP contribution < -0.4 is 0 Å². The maximum atomic E-state index is 10.9. The van der Waals surface area contributed by atoms with Crippen LogP contribution in [0.1, 0.15) is 11.0 Å². The van der Waals surface area contributed by atoms with Crippen molar-refractivity contribution in [1.82, 2.24) is 5.01 Å². The molecule has 1 saturated heterocycles. The molecule has 0 aliphatic carbocycles. The predicted octanol–water partition coefficient (Wildman–Crippen LogP) is 1.92. The summed E-state index contributed by atoms with van der Waals surface area (Å²) in [5, 5.41) is 5.21. The van der Waals surface area contributed by atoms with Crippen molar-refractivity contribution in [3.05, 3.63) is 27.3 Å². The lowest BCUT2D eigenvalue weighted by Crippen LogP contribution is -2.16. The zero-order valence-corrected chi connectivity index (χ0v) is 7.36. The summed E-state index contributed by atoms with van der Waals surface area (Å²) in [7, 11) is 0. The molecule has 0 spiro atoms. The first-order chi connectivity index (χ1) is 6.31. The van der Waals surface area contributed by atoms with Gasteiger partial charge in [0, 0.05) is 4.88 Å². The fourth-order valence-electron chi connectivity index (χ4n) is 1.14. The van der Waals surface area contributed by atoms with Crippen molar-refractivity contribution in [3.63, 3.8) is 0 Å². The number of carbonyl (C=O) groups is 1. The Balaban J connectivity index is 2.14. The number of hydrogen-bond acceptors (Lipinski definition) is 5. The Morgan fingerprint density at radius 1 is 1.69 bits per heavy atom. The number of rotatable bonds is 2. The van der Waals surface area contributed by atoms with Crippen LogP contribution in [0.5, 0.6) is 0 Å². The number of amides is 1. The number of ether oxygens (including phenoxy) is 1. The van der Waals surface area contributed by atoms with Crippen LogP contribution in [-0.2, 0) is 4.74 Å². The van der Waals surface area contributed by atoms with E-state index in [1.807, 2.05) is 17.5 Å². The minimum atomic E-state index is -0.673. The molecule has 0 unspecified atom stereocenters. The van der Waals surface area contributed by atoms with Crippen molar-refractivity contribution < 1.29 is 9.53 Å². The largest absolute Gasteiger partial charge is 0.437 e. The third-order valence-electron chi connectivity index (χ3n) is 1.75. The quantitative estimate of drug-likeness (QED) is 0.682. The minimum absolute atomic E-state index is 0.211. The molecule has 0 aromatic carbocycles. The molecule has 5 nitrogen and oxygen atoms in total. The van der Waals surface area contributed by atoms with Gasteiger partial charge in [0.05, 0.1) is 11.8 Å². The summed E-state index contributed by atoms with van der Waals surface area (Å²) in [6.45, 7) is 0.211. The second kappa shape index (κ2) is 3.14. The first kappa shape index (κ1) is 8.18. The van der Waals surface area contributed by atoms with Crippen molar-refractivity contribution in [3.8, 4) is 0 Å². The first-order valence-corrected chi connectivity index (χ1v) is 4.54. The van der Waals surface area contributed by atoms with E-state index in [1.54, 1.807) is 0 Å². The molecular weight excluding hydrogens is 192 g/mol. The topological polar surface area (TPSA) is 59.0 Å². The van der Waals surface area contributed by atoms with E-state index in [-0.39, 0.29) is 12.6 Å². The number of hydrogen-bond donors (Lipinski definition) is 0. The molecule has 1 atom stereocenters. The molecule has 0 bridgehead atoms. The molecule has 1 aromatic heterocycles. The van der Waals surface area contributed by atoms with E-state index < -0.39 is 6.09 Å². The molecular formula is C7H6N2O3S. The molecule has 6 heteroatoms. The van der Waals surface area contributed by atoms with Crippen LogP contribution >= 0.6 is 11.3 Å². The standard InChI is InChI=1S/C7H6N2O3S/c10-7-9(8-11)4-5(12-7)6-2-1-3-13-6/h1-3,5H,4H2/t5-/m0/s1. The third kappa shape index (κ3) is 1.40. The van der Waals surface area contributed by atoms with Crippen LogP contribution in [0.2, 0.25) is 0 Å². The molecule has 68 valence electrons. The minimum Gasteiger partial charge on any atom is -0.437 e. The SMILES string of the molecule is O=NN1C[C@@H](c2cccs2)OC1=O. The van der Waals surface area contributed by atoms with Crippen molar-refractivity contribution in [1.29, 1.82) is 0 Å². The average Bonchev–Trinajstić information content (AvgIpc) is 2.71. The smallest absolute Gasteiger partial charge is 0.433 e. The van der Waals surface area contributed by atoms with Crippen molar-refractivity contribution in [2.75, 3.05) is 6.54 Å². The van der Waals surface area contributed by atoms with Gasteiger partial charge < -0.3 is 4.74 Å². The lowest BCUT2D eigenvalue weighted by molar-refractivity contribution is 0.134. The van der Waals surface area contributed by atoms with E-state index in [9.17, 15) is 9.70 Å². The fraction of sp³-hybridized carbons (Fsp3) is 0.286. The summed E-state index contributed by atoms with van der Waals surface area (Å²) in [6.07, 6.45) is -1.02. The van der Waals surface area contributed by atoms with E-state index in [2.05, 4.69) is 5.29 Å². The van der Waals surface area contributed by atoms with E-state index >= 15 is 0 Å². The predicted molar refractivity (Wildman–Crippen MR) is 46.0 cm³/mol. The Hall–Kier alpha value is -1.43. The Morgan fingerprint density at radius 2 is 2.54 bits per heavy atom. The second-order valence-corrected chi connectivity index (χ2v) is 3.53. The molecule has 2 heterocycles. The molecule has 0 radical (unpaired) electrons. The maximum Gasteiger partial charge on any atom is 0.433 e. The van der Waals surface area contributed by atoms with Gasteiger partial charge in [0.2, 0.25) is 0 Å². The van der Waals surface area contributed by atoms with Gasteiger partial charge in [-0.15, -0.1) is 16.2 Å². The maximum absolute atomic E-state index is 10.9. The Morgan fingerprint density at radius 3 is 3.08 bits per heavy atom. The number of nitrogens with zero attached hydrogens (tertiary/aromatic N) is 2. The van der Waals surface area contributed by atoms with Crippen LogP contribution in [0.3, 0.4) is 0 Å². The van der Waals surface area contributed by atoms with Gasteiger partial charge in [0.25, 0.3) is 0 Å². The highest BCUT2D eigenvalue weighted by Gasteiger charge is 2.33. The van der Waals surface area contributed by atoms with E-state index in [0.29, 0.717) is 0 Å². The average molecular weight is 198 g/mol. The van der Waals surface area contributed by atoms with Crippen LogP contribution in [0.15, 0.2) is 22.8 Å². The Bertz CT molecular complexity index is 324. The van der Waals surface area contributed by atoms with Crippen molar-refractivity contribution in [2.45, 2.75) is 6.10 Å². The number of cyclic esters (lactones) is 1. The van der Waals surface area contributed by atoms with Crippen LogP contribution in [-0.4, -0.2) is 17.6 Å². The molecule has 1 aromatic rings.